The van der Waals surface area contributed by atoms with Crippen LogP contribution in [0.2, 0.25) is 0 Å². The molecule has 0 radical (unpaired) electrons. The zero-order valence-corrected chi connectivity index (χ0v) is 23.0. The Labute approximate surface area is 226 Å². The molecule has 0 bridgehead atoms. The Bertz CT molecular complexity index is 1610. The van der Waals surface area contributed by atoms with Crippen LogP contribution in [0.4, 0.5) is 5.69 Å². The second-order valence-corrected chi connectivity index (χ2v) is 11.7. The number of carbonyl (C=O) groups is 1. The Balaban J connectivity index is 1.45. The van der Waals surface area contributed by atoms with Crippen molar-refractivity contribution < 1.29 is 4.79 Å². The third kappa shape index (κ3) is 4.06. The third-order valence-electron chi connectivity index (χ3n) is 8.22. The van der Waals surface area contributed by atoms with E-state index in [1.165, 1.54) is 23.7 Å². The predicted octanol–water partition coefficient (Wildman–Crippen LogP) is 5.68. The van der Waals surface area contributed by atoms with Gasteiger partial charge >= 0.3 is 0 Å². The lowest BCUT2D eigenvalue weighted by atomic mass is 9.62. The zero-order chi connectivity index (χ0) is 26.4. The van der Waals surface area contributed by atoms with Gasteiger partial charge in [0, 0.05) is 28.8 Å². The van der Waals surface area contributed by atoms with Crippen LogP contribution in [0.15, 0.2) is 52.4 Å². The van der Waals surface area contributed by atoms with Crippen molar-refractivity contribution in [3.8, 4) is 11.3 Å². The van der Waals surface area contributed by atoms with E-state index in [9.17, 15) is 9.59 Å². The quantitative estimate of drug-likeness (QED) is 0.338. The smallest absolute Gasteiger partial charge is 0.259 e. The van der Waals surface area contributed by atoms with Crippen LogP contribution in [0.5, 0.6) is 0 Å². The summed E-state index contributed by atoms with van der Waals surface area (Å²) in [5.41, 5.74) is 7.07. The van der Waals surface area contributed by atoms with Gasteiger partial charge in [-0.05, 0) is 57.2 Å². The molecular weight excluding hydrogens is 494 g/mol. The Kier molecular flexibility index (Phi) is 6.38. The summed E-state index contributed by atoms with van der Waals surface area (Å²) in [6, 6.07) is 14.4. The number of hydrogen-bond acceptors (Lipinski definition) is 5. The van der Waals surface area contributed by atoms with Crippen LogP contribution in [0.1, 0.15) is 61.3 Å². The van der Waals surface area contributed by atoms with Crippen LogP contribution in [-0.4, -0.2) is 30.8 Å². The van der Waals surface area contributed by atoms with E-state index in [0.717, 1.165) is 65.7 Å². The van der Waals surface area contributed by atoms with E-state index in [1.807, 2.05) is 43.4 Å². The number of benzene rings is 2. The summed E-state index contributed by atoms with van der Waals surface area (Å²) in [7, 11) is 0. The number of fused-ring (bicyclic) bond motifs is 6. The van der Waals surface area contributed by atoms with Crippen molar-refractivity contribution in [2.24, 2.45) is 0 Å². The lowest BCUT2D eigenvalue weighted by Gasteiger charge is -2.42. The number of aromatic nitrogens is 4. The zero-order valence-electron chi connectivity index (χ0n) is 22.2. The van der Waals surface area contributed by atoms with E-state index in [1.54, 1.807) is 4.57 Å². The van der Waals surface area contributed by atoms with Gasteiger partial charge in [0.2, 0.25) is 11.7 Å². The second-order valence-electron chi connectivity index (χ2n) is 10.7. The molecule has 2 aliphatic rings. The number of hydrogen-bond donors (Lipinski definition) is 1. The van der Waals surface area contributed by atoms with Crippen LogP contribution in [0, 0.1) is 13.8 Å². The maximum Gasteiger partial charge on any atom is 0.259 e. The van der Waals surface area contributed by atoms with E-state index in [-0.39, 0.29) is 22.6 Å². The minimum absolute atomic E-state index is 0.0583. The monoisotopic (exact) mass is 527 g/mol. The largest absolute Gasteiger partial charge is 0.325 e. The summed E-state index contributed by atoms with van der Waals surface area (Å²) < 4.78 is 3.81. The van der Waals surface area contributed by atoms with Crippen molar-refractivity contribution in [1.82, 2.24) is 19.2 Å². The summed E-state index contributed by atoms with van der Waals surface area (Å²) >= 11 is 1.36. The number of anilines is 1. The normalized spacial score (nSPS) is 15.9. The molecule has 1 fully saturated rings. The number of thioether (sulfide) groups is 1. The first-order chi connectivity index (χ1) is 18.4. The van der Waals surface area contributed by atoms with E-state index in [4.69, 9.17) is 0 Å². The first kappa shape index (κ1) is 24.9. The van der Waals surface area contributed by atoms with Gasteiger partial charge in [0.25, 0.3) is 5.56 Å². The van der Waals surface area contributed by atoms with Gasteiger partial charge in [0.05, 0.1) is 11.4 Å². The van der Waals surface area contributed by atoms with Crippen LogP contribution in [-0.2, 0) is 23.2 Å². The van der Waals surface area contributed by atoms with E-state index >= 15 is 0 Å². The molecule has 0 saturated heterocycles. The lowest BCUT2D eigenvalue weighted by Crippen LogP contribution is -2.43. The van der Waals surface area contributed by atoms with Gasteiger partial charge < -0.3 is 5.32 Å². The van der Waals surface area contributed by atoms with Crippen molar-refractivity contribution in [1.29, 1.82) is 0 Å². The molecule has 0 atom stereocenters. The molecule has 38 heavy (non-hydrogen) atoms. The van der Waals surface area contributed by atoms with Crippen LogP contribution < -0.4 is 10.9 Å². The van der Waals surface area contributed by atoms with Crippen LogP contribution >= 0.6 is 11.8 Å². The first-order valence-corrected chi connectivity index (χ1v) is 14.5. The lowest BCUT2D eigenvalue weighted by molar-refractivity contribution is -0.113. The van der Waals surface area contributed by atoms with Crippen molar-refractivity contribution >= 4 is 29.1 Å². The van der Waals surface area contributed by atoms with E-state index in [2.05, 4.69) is 39.8 Å². The van der Waals surface area contributed by atoms with E-state index < -0.39 is 0 Å². The first-order valence-electron chi connectivity index (χ1n) is 13.5. The number of carbonyl (C=O) groups excluding carboxylic acids is 1. The van der Waals surface area contributed by atoms with Gasteiger partial charge in [-0.1, -0.05) is 73.0 Å². The average Bonchev–Trinajstić information content (AvgIpc) is 3.33. The van der Waals surface area contributed by atoms with E-state index in [0.29, 0.717) is 17.5 Å². The third-order valence-corrected chi connectivity index (χ3v) is 9.15. The molecule has 196 valence electrons. The number of amides is 1. The number of nitrogens with zero attached hydrogens (tertiary/aromatic N) is 4. The van der Waals surface area contributed by atoms with Gasteiger partial charge in [0.15, 0.2) is 5.16 Å². The minimum atomic E-state index is -0.170. The molecule has 0 aliphatic heterocycles. The maximum atomic E-state index is 14.1. The fourth-order valence-corrected chi connectivity index (χ4v) is 7.20. The molecule has 8 heteroatoms. The molecular formula is C30H33N5O2S. The molecule has 6 rings (SSSR count). The summed E-state index contributed by atoms with van der Waals surface area (Å²) in [4.78, 5) is 27.0. The van der Waals surface area contributed by atoms with Crippen molar-refractivity contribution in [2.45, 2.75) is 76.4 Å². The fourth-order valence-electron chi connectivity index (χ4n) is 6.47. The summed E-state index contributed by atoms with van der Waals surface area (Å²) in [6.07, 6.45) is 6.40. The molecule has 2 aromatic heterocycles. The number of rotatable bonds is 5. The van der Waals surface area contributed by atoms with Crippen LogP contribution in [0.25, 0.3) is 17.0 Å². The van der Waals surface area contributed by atoms with Gasteiger partial charge in [-0.15, -0.1) is 10.2 Å². The highest BCUT2D eigenvalue weighted by atomic mass is 32.2. The second kappa shape index (κ2) is 9.73. The molecule has 1 amide bonds. The van der Waals surface area contributed by atoms with Crippen LogP contribution in [0.3, 0.4) is 0 Å². The van der Waals surface area contributed by atoms with Gasteiger partial charge in [-0.2, -0.15) is 0 Å². The fraction of sp³-hybridized carbons (Fsp3) is 0.400. The Morgan fingerprint density at radius 2 is 1.87 bits per heavy atom. The Morgan fingerprint density at radius 3 is 2.63 bits per heavy atom. The number of nitrogens with one attached hydrogen (secondary N) is 1. The van der Waals surface area contributed by atoms with Crippen molar-refractivity contribution in [3.63, 3.8) is 0 Å². The highest BCUT2D eigenvalue weighted by Gasteiger charge is 2.44. The van der Waals surface area contributed by atoms with Gasteiger partial charge in [-0.3, -0.25) is 18.6 Å². The molecule has 7 nitrogen and oxygen atoms in total. The summed E-state index contributed by atoms with van der Waals surface area (Å²) in [5, 5.41) is 12.6. The summed E-state index contributed by atoms with van der Waals surface area (Å²) in [5.74, 6) is 0.637. The average molecular weight is 528 g/mol. The van der Waals surface area contributed by atoms with Gasteiger partial charge in [-0.25, -0.2) is 0 Å². The molecule has 2 heterocycles. The molecule has 4 aromatic rings. The summed E-state index contributed by atoms with van der Waals surface area (Å²) in [6.45, 7) is 6.54. The molecule has 2 aliphatic carbocycles. The van der Waals surface area contributed by atoms with Crippen molar-refractivity contribution in [2.75, 3.05) is 11.1 Å². The molecule has 1 saturated carbocycles. The van der Waals surface area contributed by atoms with Gasteiger partial charge in [0.1, 0.15) is 0 Å². The predicted molar refractivity (Wildman–Crippen MR) is 152 cm³/mol. The highest BCUT2D eigenvalue weighted by Crippen LogP contribution is 2.49. The Morgan fingerprint density at radius 1 is 1.08 bits per heavy atom. The molecule has 0 unspecified atom stereocenters. The topological polar surface area (TPSA) is 81.3 Å². The standard InChI is InChI=1S/C30H33N5O2S/c1-4-34-27(37)25-26(22-11-7-6-10-21(22)17-30(25)14-8-5-9-15-30)35-28(34)32-33-29(35)38-18-24(36)31-23-13-12-19(2)16-20(23)3/h6-7,10-13,16H,4-5,8-9,14-15,17-18H2,1-3H3,(H,31,36). The minimum Gasteiger partial charge on any atom is -0.325 e. The van der Waals surface area contributed by atoms with Crippen molar-refractivity contribution in [3.05, 3.63) is 75.1 Å². The Hall–Kier alpha value is -3.39. The SMILES string of the molecule is CCn1c(=O)c2c(n3c(SCC(=O)Nc4ccc(C)cc4C)nnc13)-c1ccccc1CC21CCCCC1. The highest BCUT2D eigenvalue weighted by molar-refractivity contribution is 7.99. The maximum absolute atomic E-state index is 14.1. The number of aryl methyl sites for hydroxylation is 3. The molecule has 1 N–H and O–H groups in total. The molecule has 2 aromatic carbocycles. The molecule has 1 spiro atoms.